The molecule has 0 saturated carbocycles. The van der Waals surface area contributed by atoms with Crippen LogP contribution in [0.1, 0.15) is 5.56 Å². The SMILES string of the molecule is O=C(C=Cc1ccc(-c2ccc(F)cc2)nc1)Nc1ccccc1.O=C(O)C(F)(F)F. The molecule has 0 saturated heterocycles. The second-order valence-electron chi connectivity index (χ2n) is 5.98. The third-order valence-electron chi connectivity index (χ3n) is 3.64. The summed E-state index contributed by atoms with van der Waals surface area (Å²) < 4.78 is 44.7. The van der Waals surface area contributed by atoms with Gasteiger partial charge in [0.1, 0.15) is 5.82 Å². The third-order valence-corrected chi connectivity index (χ3v) is 3.64. The number of carboxylic acid groups (broad SMARTS) is 1. The molecule has 0 aliphatic heterocycles. The first-order chi connectivity index (χ1) is 14.6. The summed E-state index contributed by atoms with van der Waals surface area (Å²) in [5, 5.41) is 9.90. The summed E-state index contributed by atoms with van der Waals surface area (Å²) in [4.78, 5) is 25.1. The van der Waals surface area contributed by atoms with Gasteiger partial charge in [0.05, 0.1) is 5.69 Å². The van der Waals surface area contributed by atoms with Gasteiger partial charge in [-0.25, -0.2) is 9.18 Å². The third kappa shape index (κ3) is 8.09. The lowest BCUT2D eigenvalue weighted by molar-refractivity contribution is -0.192. The van der Waals surface area contributed by atoms with Crippen LogP contribution in [0.4, 0.5) is 23.2 Å². The number of carbonyl (C=O) groups excluding carboxylic acids is 1. The predicted octanol–water partition coefficient (Wildman–Crippen LogP) is 5.17. The van der Waals surface area contributed by atoms with Gasteiger partial charge in [0.2, 0.25) is 5.91 Å². The number of amides is 1. The number of rotatable bonds is 4. The topological polar surface area (TPSA) is 79.3 Å². The van der Waals surface area contributed by atoms with Crippen molar-refractivity contribution in [2.45, 2.75) is 6.18 Å². The summed E-state index contributed by atoms with van der Waals surface area (Å²) in [6, 6.07) is 19.1. The van der Waals surface area contributed by atoms with Gasteiger partial charge < -0.3 is 10.4 Å². The second kappa shape index (κ2) is 10.7. The Morgan fingerprint density at radius 3 is 2.06 bits per heavy atom. The highest BCUT2D eigenvalue weighted by atomic mass is 19.4. The van der Waals surface area contributed by atoms with Crippen LogP contribution in [-0.4, -0.2) is 28.1 Å². The normalized spacial score (nSPS) is 10.8. The van der Waals surface area contributed by atoms with Crippen molar-refractivity contribution in [3.8, 4) is 11.3 Å². The van der Waals surface area contributed by atoms with Crippen molar-refractivity contribution in [2.24, 2.45) is 0 Å². The van der Waals surface area contributed by atoms with E-state index >= 15 is 0 Å². The summed E-state index contributed by atoms with van der Waals surface area (Å²) in [6.45, 7) is 0. The number of benzene rings is 2. The first-order valence-electron chi connectivity index (χ1n) is 8.71. The molecular formula is C22H16F4N2O3. The Bertz CT molecular complexity index is 1030. The van der Waals surface area contributed by atoms with E-state index in [0.29, 0.717) is 0 Å². The monoisotopic (exact) mass is 432 g/mol. The van der Waals surface area contributed by atoms with Crippen LogP contribution in [0.25, 0.3) is 17.3 Å². The van der Waals surface area contributed by atoms with Crippen LogP contribution in [0.5, 0.6) is 0 Å². The molecule has 2 N–H and O–H groups in total. The Balaban J connectivity index is 0.000000423. The van der Waals surface area contributed by atoms with Crippen LogP contribution in [0.3, 0.4) is 0 Å². The fourth-order valence-corrected chi connectivity index (χ4v) is 2.17. The van der Waals surface area contributed by atoms with E-state index in [4.69, 9.17) is 9.90 Å². The maximum atomic E-state index is 12.9. The molecule has 31 heavy (non-hydrogen) atoms. The number of carboxylic acids is 1. The minimum atomic E-state index is -5.08. The zero-order valence-electron chi connectivity index (χ0n) is 15.8. The first kappa shape index (κ1) is 23.3. The number of hydrogen-bond acceptors (Lipinski definition) is 3. The van der Waals surface area contributed by atoms with E-state index in [1.54, 1.807) is 24.4 Å². The van der Waals surface area contributed by atoms with E-state index in [-0.39, 0.29) is 11.7 Å². The van der Waals surface area contributed by atoms with Crippen molar-refractivity contribution in [2.75, 3.05) is 5.32 Å². The number of carbonyl (C=O) groups is 2. The number of para-hydroxylation sites is 1. The number of aliphatic carboxylic acids is 1. The Morgan fingerprint density at radius 1 is 0.935 bits per heavy atom. The molecular weight excluding hydrogens is 416 g/mol. The number of nitrogens with zero attached hydrogens (tertiary/aromatic N) is 1. The highest BCUT2D eigenvalue weighted by Gasteiger charge is 2.38. The summed E-state index contributed by atoms with van der Waals surface area (Å²) in [5.74, 6) is -3.24. The maximum absolute atomic E-state index is 12.9. The molecule has 0 aliphatic carbocycles. The number of halogens is 4. The average Bonchev–Trinajstić information content (AvgIpc) is 2.74. The molecule has 3 aromatic rings. The Kier molecular flexibility index (Phi) is 8.01. The van der Waals surface area contributed by atoms with E-state index in [1.807, 2.05) is 42.5 Å². The molecule has 5 nitrogen and oxygen atoms in total. The first-order valence-corrected chi connectivity index (χ1v) is 8.71. The zero-order chi connectivity index (χ0) is 22.9. The van der Waals surface area contributed by atoms with E-state index in [9.17, 15) is 22.4 Å². The van der Waals surface area contributed by atoms with Gasteiger partial charge in [-0.1, -0.05) is 24.3 Å². The average molecular weight is 432 g/mol. The summed E-state index contributed by atoms with van der Waals surface area (Å²) in [6.07, 6.45) is -0.258. The lowest BCUT2D eigenvalue weighted by atomic mass is 10.1. The molecule has 0 bridgehead atoms. The van der Waals surface area contributed by atoms with Crippen LogP contribution in [0.15, 0.2) is 79.0 Å². The quantitative estimate of drug-likeness (QED) is 0.440. The van der Waals surface area contributed by atoms with Gasteiger partial charge in [0.15, 0.2) is 0 Å². The van der Waals surface area contributed by atoms with E-state index < -0.39 is 12.1 Å². The van der Waals surface area contributed by atoms with Crippen LogP contribution >= 0.6 is 0 Å². The highest BCUT2D eigenvalue weighted by Crippen LogP contribution is 2.18. The van der Waals surface area contributed by atoms with Crippen molar-refractivity contribution >= 4 is 23.6 Å². The Labute approximate surface area is 174 Å². The molecule has 1 aromatic heterocycles. The Hall–Kier alpha value is -4.01. The molecule has 160 valence electrons. The fraction of sp³-hybridized carbons (Fsp3) is 0.0455. The molecule has 9 heteroatoms. The minimum absolute atomic E-state index is 0.205. The molecule has 0 radical (unpaired) electrons. The van der Waals surface area contributed by atoms with Gasteiger partial charge in [0, 0.05) is 23.5 Å². The molecule has 1 amide bonds. The molecule has 3 rings (SSSR count). The lowest BCUT2D eigenvalue weighted by Gasteiger charge is -2.02. The number of alkyl halides is 3. The highest BCUT2D eigenvalue weighted by molar-refractivity contribution is 6.01. The van der Waals surface area contributed by atoms with Crippen molar-refractivity contribution in [1.82, 2.24) is 4.98 Å². The predicted molar refractivity (Wildman–Crippen MR) is 107 cm³/mol. The van der Waals surface area contributed by atoms with Gasteiger partial charge in [-0.05, 0) is 54.1 Å². The maximum Gasteiger partial charge on any atom is 0.490 e. The summed E-state index contributed by atoms with van der Waals surface area (Å²) in [5.41, 5.74) is 3.15. The van der Waals surface area contributed by atoms with Crippen molar-refractivity contribution < 1.29 is 32.3 Å². The summed E-state index contributed by atoms with van der Waals surface area (Å²) >= 11 is 0. The molecule has 0 aliphatic rings. The number of aromatic nitrogens is 1. The number of anilines is 1. The van der Waals surface area contributed by atoms with Gasteiger partial charge in [-0.3, -0.25) is 9.78 Å². The second-order valence-corrected chi connectivity index (χ2v) is 5.98. The molecule has 1 heterocycles. The zero-order valence-corrected chi connectivity index (χ0v) is 15.8. The standard InChI is InChI=1S/C20H15FN2O.C2HF3O2/c21-17-10-8-16(9-11-17)19-12-6-15(14-22-19)7-13-20(24)23-18-4-2-1-3-5-18;3-2(4,5)1(6)7/h1-14H,(H,23,24);(H,6,7). The van der Waals surface area contributed by atoms with Crippen molar-refractivity contribution in [3.05, 3.63) is 90.4 Å². The molecule has 2 aromatic carbocycles. The fourth-order valence-electron chi connectivity index (χ4n) is 2.17. The van der Waals surface area contributed by atoms with Crippen LogP contribution in [0.2, 0.25) is 0 Å². The van der Waals surface area contributed by atoms with Gasteiger partial charge in [0.25, 0.3) is 0 Å². The minimum Gasteiger partial charge on any atom is -0.475 e. The molecule has 0 atom stereocenters. The smallest absolute Gasteiger partial charge is 0.475 e. The van der Waals surface area contributed by atoms with E-state index in [0.717, 1.165) is 22.5 Å². The van der Waals surface area contributed by atoms with Crippen LogP contribution in [-0.2, 0) is 9.59 Å². The van der Waals surface area contributed by atoms with Crippen molar-refractivity contribution in [3.63, 3.8) is 0 Å². The van der Waals surface area contributed by atoms with Gasteiger partial charge in [-0.2, -0.15) is 13.2 Å². The number of pyridine rings is 1. The van der Waals surface area contributed by atoms with E-state index in [1.165, 1.54) is 18.2 Å². The molecule has 0 spiro atoms. The largest absolute Gasteiger partial charge is 0.490 e. The number of hydrogen-bond donors (Lipinski definition) is 2. The Morgan fingerprint density at radius 2 is 1.55 bits per heavy atom. The lowest BCUT2D eigenvalue weighted by Crippen LogP contribution is -2.21. The molecule has 0 unspecified atom stereocenters. The van der Waals surface area contributed by atoms with Gasteiger partial charge >= 0.3 is 12.1 Å². The van der Waals surface area contributed by atoms with Gasteiger partial charge in [-0.15, -0.1) is 0 Å². The van der Waals surface area contributed by atoms with E-state index in [2.05, 4.69) is 10.3 Å². The van der Waals surface area contributed by atoms with Crippen LogP contribution in [0, 0.1) is 5.82 Å². The van der Waals surface area contributed by atoms with Crippen molar-refractivity contribution in [1.29, 1.82) is 0 Å². The van der Waals surface area contributed by atoms with Crippen LogP contribution < -0.4 is 5.32 Å². The number of nitrogens with one attached hydrogen (secondary N) is 1. The molecule has 0 fully saturated rings. The summed E-state index contributed by atoms with van der Waals surface area (Å²) in [7, 11) is 0.